The summed E-state index contributed by atoms with van der Waals surface area (Å²) in [7, 11) is -3.68. The molecule has 9 nitrogen and oxygen atoms in total. The minimum absolute atomic E-state index is 0.00785. The van der Waals surface area contributed by atoms with Crippen LogP contribution in [0.3, 0.4) is 0 Å². The van der Waals surface area contributed by atoms with Gasteiger partial charge in [-0.15, -0.1) is 11.3 Å². The second kappa shape index (κ2) is 11.8. The highest BCUT2D eigenvalue weighted by molar-refractivity contribution is 7.91. The van der Waals surface area contributed by atoms with Crippen LogP contribution in [0.1, 0.15) is 29.9 Å². The number of β-amino-alcohol motifs (C(OH)–C–C–N with tert-alkyl or cyclic N) is 1. The van der Waals surface area contributed by atoms with Crippen molar-refractivity contribution >= 4 is 38.5 Å². The largest absolute Gasteiger partial charge is 0.420 e. The molecule has 0 spiro atoms. The van der Waals surface area contributed by atoms with Crippen LogP contribution in [-0.4, -0.2) is 79.6 Å². The second-order valence-electron chi connectivity index (χ2n) is 10.1. The highest BCUT2D eigenvalue weighted by Crippen LogP contribution is 2.42. The van der Waals surface area contributed by atoms with Crippen molar-refractivity contribution in [2.75, 3.05) is 55.4 Å². The van der Waals surface area contributed by atoms with Crippen LogP contribution in [0.15, 0.2) is 35.4 Å². The Bertz CT molecular complexity index is 1510. The van der Waals surface area contributed by atoms with Crippen LogP contribution in [0.25, 0.3) is 10.6 Å². The number of anilines is 3. The molecule has 0 radical (unpaired) electrons. The molecule has 4 heterocycles. The molecule has 41 heavy (non-hydrogen) atoms. The number of sulfone groups is 1. The number of hydrogen-bond donors (Lipinski definition) is 2. The molecule has 14 heteroatoms. The number of thiophene rings is 1. The van der Waals surface area contributed by atoms with Crippen LogP contribution >= 0.6 is 11.3 Å². The molecule has 2 aliphatic rings. The van der Waals surface area contributed by atoms with Crippen molar-refractivity contribution in [3.63, 3.8) is 0 Å². The van der Waals surface area contributed by atoms with Gasteiger partial charge in [0.1, 0.15) is 5.56 Å². The molecule has 2 aromatic heterocycles. The van der Waals surface area contributed by atoms with E-state index in [-0.39, 0.29) is 53.0 Å². The van der Waals surface area contributed by atoms with Crippen LogP contribution in [0.5, 0.6) is 0 Å². The van der Waals surface area contributed by atoms with Crippen molar-refractivity contribution in [1.29, 1.82) is 0 Å². The fourth-order valence-electron chi connectivity index (χ4n) is 5.23. The SMILES string of the molecule is CCc1cc(N2CCN(CCO)CC2C)ccc1Nc1ncc(C(F)(F)F)c(-c2cc3c(s2)COCCS3(=O)=O)n1. The number of piperazine rings is 1. The first-order valence-electron chi connectivity index (χ1n) is 13.4. The van der Waals surface area contributed by atoms with Crippen LogP contribution < -0.4 is 10.2 Å². The fraction of sp³-hybridized carbons (Fsp3) is 0.481. The molecule has 3 aromatic rings. The number of ether oxygens (including phenoxy) is 1. The normalized spacial score (nSPS) is 19.6. The summed E-state index contributed by atoms with van der Waals surface area (Å²) in [5.41, 5.74) is 1.24. The molecular formula is C27H32F3N5O4S2. The van der Waals surface area contributed by atoms with Gasteiger partial charge in [-0.1, -0.05) is 6.92 Å². The van der Waals surface area contributed by atoms with Crippen LogP contribution in [-0.2, 0) is 33.8 Å². The van der Waals surface area contributed by atoms with Crippen molar-refractivity contribution in [1.82, 2.24) is 14.9 Å². The number of halogens is 3. The zero-order valence-corrected chi connectivity index (χ0v) is 24.4. The van der Waals surface area contributed by atoms with E-state index in [0.29, 0.717) is 23.5 Å². The first-order valence-corrected chi connectivity index (χ1v) is 15.8. The summed E-state index contributed by atoms with van der Waals surface area (Å²) in [6.07, 6.45) is -3.34. The van der Waals surface area contributed by atoms with E-state index in [1.54, 1.807) is 0 Å². The number of rotatable bonds is 7. The molecule has 2 N–H and O–H groups in total. The van der Waals surface area contributed by atoms with Gasteiger partial charge in [0.05, 0.1) is 41.0 Å². The molecular weight excluding hydrogens is 579 g/mol. The summed E-state index contributed by atoms with van der Waals surface area (Å²) in [5, 5.41) is 12.3. The lowest BCUT2D eigenvalue weighted by atomic mass is 10.1. The van der Waals surface area contributed by atoms with E-state index in [1.165, 1.54) is 6.07 Å². The van der Waals surface area contributed by atoms with E-state index >= 15 is 0 Å². The molecule has 222 valence electrons. The molecule has 1 fully saturated rings. The van der Waals surface area contributed by atoms with Gasteiger partial charge in [-0.25, -0.2) is 18.4 Å². The van der Waals surface area contributed by atoms with Crippen molar-refractivity contribution in [3.8, 4) is 10.6 Å². The number of fused-ring (bicyclic) bond motifs is 1. The molecule has 1 unspecified atom stereocenters. The maximum absolute atomic E-state index is 14.0. The lowest BCUT2D eigenvalue weighted by Crippen LogP contribution is -2.52. The molecule has 1 atom stereocenters. The number of aryl methyl sites for hydroxylation is 1. The lowest BCUT2D eigenvalue weighted by molar-refractivity contribution is -0.137. The van der Waals surface area contributed by atoms with E-state index < -0.39 is 21.6 Å². The van der Waals surface area contributed by atoms with Gasteiger partial charge in [-0.05, 0) is 43.2 Å². The number of aliphatic hydroxyl groups is 1. The topological polar surface area (TPSA) is 108 Å². The molecule has 5 rings (SSSR count). The standard InChI is InChI=1S/C27H32F3N5O4S2/c1-3-18-12-19(35-7-6-34(8-9-36)15-17(35)2)4-5-21(18)32-26-31-14-20(27(28,29)30)25(33-26)22-13-24-23(40-22)16-39-10-11-41(24,37)38/h4-5,12-14,17,36H,3,6-11,15-16H2,1-2H3,(H,31,32,33). The van der Waals surface area contributed by atoms with Crippen molar-refractivity contribution in [2.45, 2.75) is 44.0 Å². The third kappa shape index (κ3) is 6.36. The lowest BCUT2D eigenvalue weighted by Gasteiger charge is -2.41. The van der Waals surface area contributed by atoms with E-state index in [1.807, 2.05) is 19.1 Å². The molecule has 0 aliphatic carbocycles. The number of aliphatic hydroxyl groups excluding tert-OH is 1. The zero-order chi connectivity index (χ0) is 29.4. The maximum atomic E-state index is 14.0. The average Bonchev–Trinajstić information content (AvgIpc) is 3.31. The van der Waals surface area contributed by atoms with Gasteiger partial charge in [0.15, 0.2) is 9.84 Å². The Morgan fingerprint density at radius 1 is 1.24 bits per heavy atom. The summed E-state index contributed by atoms with van der Waals surface area (Å²) in [5.74, 6) is -0.254. The third-order valence-corrected chi connectivity index (χ3v) is 10.3. The number of nitrogens with one attached hydrogen (secondary N) is 1. The third-order valence-electron chi connectivity index (χ3n) is 7.34. The monoisotopic (exact) mass is 611 g/mol. The molecule has 0 saturated carbocycles. The summed E-state index contributed by atoms with van der Waals surface area (Å²) in [4.78, 5) is 13.2. The Hall–Kier alpha value is -2.78. The van der Waals surface area contributed by atoms with E-state index in [4.69, 9.17) is 4.74 Å². The van der Waals surface area contributed by atoms with Crippen molar-refractivity contribution < 1.29 is 31.4 Å². The summed E-state index contributed by atoms with van der Waals surface area (Å²) < 4.78 is 72.6. The Kier molecular flexibility index (Phi) is 8.58. The Balaban J connectivity index is 1.45. The van der Waals surface area contributed by atoms with Gasteiger partial charge in [-0.2, -0.15) is 13.2 Å². The Labute approximate surface area is 240 Å². The van der Waals surface area contributed by atoms with E-state index in [0.717, 1.165) is 48.4 Å². The summed E-state index contributed by atoms with van der Waals surface area (Å²) in [6.45, 7) is 7.45. The minimum Gasteiger partial charge on any atom is -0.395 e. The van der Waals surface area contributed by atoms with Crippen molar-refractivity contribution in [3.05, 3.63) is 46.5 Å². The second-order valence-corrected chi connectivity index (χ2v) is 13.3. The first kappa shape index (κ1) is 29.7. The van der Waals surface area contributed by atoms with Gasteiger partial charge in [0.2, 0.25) is 5.95 Å². The Morgan fingerprint density at radius 3 is 2.76 bits per heavy atom. The average molecular weight is 612 g/mol. The van der Waals surface area contributed by atoms with E-state index in [2.05, 4.69) is 38.1 Å². The van der Waals surface area contributed by atoms with Gasteiger partial charge >= 0.3 is 6.18 Å². The van der Waals surface area contributed by atoms with Crippen molar-refractivity contribution in [2.24, 2.45) is 0 Å². The Morgan fingerprint density at radius 2 is 2.05 bits per heavy atom. The van der Waals surface area contributed by atoms with Crippen LogP contribution in [0.4, 0.5) is 30.5 Å². The highest BCUT2D eigenvalue weighted by atomic mass is 32.2. The highest BCUT2D eigenvalue weighted by Gasteiger charge is 2.37. The predicted molar refractivity (Wildman–Crippen MR) is 151 cm³/mol. The number of alkyl halides is 3. The molecule has 0 amide bonds. The number of nitrogens with zero attached hydrogens (tertiary/aromatic N) is 4. The predicted octanol–water partition coefficient (Wildman–Crippen LogP) is 4.34. The maximum Gasteiger partial charge on any atom is 0.420 e. The molecule has 1 aromatic carbocycles. The van der Waals surface area contributed by atoms with Gasteiger partial charge in [-0.3, -0.25) is 4.90 Å². The van der Waals surface area contributed by atoms with Crippen LogP contribution in [0.2, 0.25) is 0 Å². The van der Waals surface area contributed by atoms with E-state index in [9.17, 15) is 26.7 Å². The smallest absolute Gasteiger partial charge is 0.395 e. The molecule has 1 saturated heterocycles. The first-order chi connectivity index (χ1) is 19.5. The number of hydrogen-bond acceptors (Lipinski definition) is 10. The number of aromatic nitrogens is 2. The quantitative estimate of drug-likeness (QED) is 0.404. The number of benzene rings is 1. The molecule has 0 bridgehead atoms. The summed E-state index contributed by atoms with van der Waals surface area (Å²) >= 11 is 0.933. The van der Waals surface area contributed by atoms with Crippen LogP contribution in [0, 0.1) is 0 Å². The fourth-order valence-corrected chi connectivity index (χ4v) is 8.07. The summed E-state index contributed by atoms with van der Waals surface area (Å²) in [6, 6.07) is 7.41. The van der Waals surface area contributed by atoms with Gasteiger partial charge in [0.25, 0.3) is 0 Å². The molecule has 2 aliphatic heterocycles. The van der Waals surface area contributed by atoms with Gasteiger partial charge < -0.3 is 20.1 Å². The van der Waals surface area contributed by atoms with Gasteiger partial charge in [0, 0.05) is 54.7 Å². The zero-order valence-electron chi connectivity index (χ0n) is 22.7. The minimum atomic E-state index is -4.74.